The molecule has 0 aliphatic heterocycles. The minimum Gasteiger partial charge on any atom is -0.506 e. The maximum absolute atomic E-state index is 12.9. The third-order valence-electron chi connectivity index (χ3n) is 5.22. The van der Waals surface area contributed by atoms with Crippen molar-refractivity contribution < 1.29 is 13.9 Å². The van der Waals surface area contributed by atoms with E-state index in [2.05, 4.69) is 31.1 Å². The van der Waals surface area contributed by atoms with Crippen molar-refractivity contribution in [2.75, 3.05) is 0 Å². The lowest BCUT2D eigenvalue weighted by molar-refractivity contribution is 0.483. The van der Waals surface area contributed by atoms with Crippen molar-refractivity contribution in [3.8, 4) is 17.2 Å². The monoisotopic (exact) mass is 414 g/mol. The first-order valence-corrected chi connectivity index (χ1v) is 13.1. The van der Waals surface area contributed by atoms with Gasteiger partial charge in [0.05, 0.1) is 5.39 Å². The Kier molecular flexibility index (Phi) is 3.68. The number of hydrogen-bond acceptors (Lipinski definition) is 5. The average Bonchev–Trinajstić information content (AvgIpc) is 2.67. The molecule has 6 heteroatoms. The summed E-state index contributed by atoms with van der Waals surface area (Å²) >= 11 is 0. The van der Waals surface area contributed by atoms with E-state index in [1.807, 2.05) is 13.0 Å². The first-order valence-electron chi connectivity index (χ1n) is 9.60. The Morgan fingerprint density at radius 2 is 1.67 bits per heavy atom. The summed E-state index contributed by atoms with van der Waals surface area (Å²) in [5.74, 6) is 2.93. The van der Waals surface area contributed by atoms with Gasteiger partial charge in [-0.05, 0) is 24.6 Å². The lowest BCUT2D eigenvalue weighted by Crippen LogP contribution is -2.16. The smallest absolute Gasteiger partial charge is 0.348 e. The van der Waals surface area contributed by atoms with Crippen LogP contribution < -0.4 is 11.3 Å². The molecule has 2 heterocycles. The minimum absolute atomic E-state index is 0.0188. The molecule has 0 atom stereocenters. The van der Waals surface area contributed by atoms with Gasteiger partial charge in [-0.3, -0.25) is 0 Å². The zero-order chi connectivity index (χ0) is 21.4. The Morgan fingerprint density at radius 3 is 2.40 bits per heavy atom. The summed E-state index contributed by atoms with van der Waals surface area (Å²) in [7, 11) is -1.64. The molecule has 0 aliphatic rings. The molecule has 5 aromatic rings. The van der Waals surface area contributed by atoms with Crippen LogP contribution in [0.15, 0.2) is 48.8 Å². The van der Waals surface area contributed by atoms with E-state index in [-0.39, 0.29) is 27.7 Å². The molecule has 1 N–H and O–H groups in total. The van der Waals surface area contributed by atoms with Gasteiger partial charge in [0.25, 0.3) is 0 Å². The molecule has 0 fully saturated rings. The second-order valence-electron chi connectivity index (χ2n) is 8.60. The minimum atomic E-state index is -1.64. The van der Waals surface area contributed by atoms with Gasteiger partial charge in [-0.25, -0.2) is 9.59 Å². The molecule has 30 heavy (non-hydrogen) atoms. The highest BCUT2D eigenvalue weighted by atomic mass is 28.3. The van der Waals surface area contributed by atoms with E-state index in [0.717, 1.165) is 5.56 Å². The molecule has 3 aromatic carbocycles. The van der Waals surface area contributed by atoms with Crippen LogP contribution in [0.5, 0.6) is 5.75 Å². The number of phenols is 1. The van der Waals surface area contributed by atoms with Gasteiger partial charge in [0.15, 0.2) is 0 Å². The summed E-state index contributed by atoms with van der Waals surface area (Å²) in [5, 5.41) is 13.1. The van der Waals surface area contributed by atoms with Gasteiger partial charge in [-0.15, -0.1) is 5.54 Å². The summed E-state index contributed by atoms with van der Waals surface area (Å²) in [4.78, 5) is 25.8. The summed E-state index contributed by atoms with van der Waals surface area (Å²) in [6.45, 7) is 8.23. The van der Waals surface area contributed by atoms with Gasteiger partial charge in [0.2, 0.25) is 0 Å². The van der Waals surface area contributed by atoms with Crippen LogP contribution in [0, 0.1) is 18.4 Å². The lowest BCUT2D eigenvalue weighted by atomic mass is 9.95. The molecular formula is C24H18O5Si. The fraction of sp³-hybridized carbons (Fsp3) is 0.167. The third kappa shape index (κ3) is 2.56. The predicted octanol–water partition coefficient (Wildman–Crippen LogP) is 4.89. The number of fused-ring (bicyclic) bond motifs is 2. The van der Waals surface area contributed by atoms with Crippen molar-refractivity contribution in [1.82, 2.24) is 0 Å². The van der Waals surface area contributed by atoms with E-state index in [1.165, 1.54) is 0 Å². The van der Waals surface area contributed by atoms with Crippen LogP contribution in [0.3, 0.4) is 0 Å². The van der Waals surface area contributed by atoms with Crippen molar-refractivity contribution in [3.05, 3.63) is 62.3 Å². The van der Waals surface area contributed by atoms with Crippen molar-refractivity contribution in [3.63, 3.8) is 0 Å². The Labute approximate surface area is 171 Å². The van der Waals surface area contributed by atoms with Gasteiger partial charge in [-0.1, -0.05) is 43.8 Å². The van der Waals surface area contributed by atoms with Crippen LogP contribution in [0.25, 0.3) is 43.5 Å². The Bertz CT molecular complexity index is 1690. The van der Waals surface area contributed by atoms with Crippen LogP contribution in [0.4, 0.5) is 0 Å². The standard InChI is InChI=1S/C24H18O5Si/c1-12-6-5-7-14-17(12)22-19-18-15(23(26)29-22)10-13(8-9-30(2,3)4)11-16(18)28-24(27)20(19)21(14)25/h5-7,10-11,25H,1-4H3. The maximum Gasteiger partial charge on any atom is 0.348 e. The van der Waals surface area contributed by atoms with E-state index in [1.54, 1.807) is 24.3 Å². The van der Waals surface area contributed by atoms with Crippen LogP contribution in [-0.4, -0.2) is 13.2 Å². The van der Waals surface area contributed by atoms with Crippen LogP contribution >= 0.6 is 0 Å². The van der Waals surface area contributed by atoms with E-state index in [9.17, 15) is 14.7 Å². The highest BCUT2D eigenvalue weighted by Crippen LogP contribution is 2.42. The van der Waals surface area contributed by atoms with Crippen LogP contribution in [-0.2, 0) is 0 Å². The SMILES string of the molecule is Cc1cccc2c(O)c3c(=O)oc4cc(C#C[Si](C)(C)C)cc5c(=O)oc(c12)c3c45. The number of benzene rings is 3. The zero-order valence-corrected chi connectivity index (χ0v) is 18.0. The fourth-order valence-corrected chi connectivity index (χ4v) is 4.46. The highest BCUT2D eigenvalue weighted by molar-refractivity contribution is 6.83. The number of aromatic hydroxyl groups is 1. The van der Waals surface area contributed by atoms with Gasteiger partial charge in [0, 0.05) is 27.1 Å². The fourth-order valence-electron chi connectivity index (χ4n) is 3.94. The topological polar surface area (TPSA) is 80.6 Å². The largest absolute Gasteiger partial charge is 0.506 e. The Hall–Kier alpha value is -3.56. The summed E-state index contributed by atoms with van der Waals surface area (Å²) in [6, 6.07) is 8.67. The van der Waals surface area contributed by atoms with Crippen molar-refractivity contribution in [2.24, 2.45) is 0 Å². The van der Waals surface area contributed by atoms with E-state index in [4.69, 9.17) is 8.83 Å². The first kappa shape index (κ1) is 18.5. The van der Waals surface area contributed by atoms with E-state index >= 15 is 0 Å². The van der Waals surface area contributed by atoms with E-state index < -0.39 is 19.3 Å². The lowest BCUT2D eigenvalue weighted by Gasteiger charge is -2.13. The van der Waals surface area contributed by atoms with Gasteiger partial charge in [0.1, 0.15) is 30.4 Å². The highest BCUT2D eigenvalue weighted by Gasteiger charge is 2.24. The number of phenolic OH excluding ortho intramolecular Hbond substituents is 1. The summed E-state index contributed by atoms with van der Waals surface area (Å²) < 4.78 is 11.3. The van der Waals surface area contributed by atoms with Crippen molar-refractivity contribution >= 4 is 51.6 Å². The van der Waals surface area contributed by atoms with Gasteiger partial charge in [-0.2, -0.15) is 0 Å². The zero-order valence-electron chi connectivity index (χ0n) is 17.0. The summed E-state index contributed by atoms with van der Waals surface area (Å²) in [6.07, 6.45) is 0. The molecule has 0 spiro atoms. The molecule has 5 nitrogen and oxygen atoms in total. The maximum atomic E-state index is 12.9. The molecular weight excluding hydrogens is 396 g/mol. The molecule has 5 rings (SSSR count). The van der Waals surface area contributed by atoms with Gasteiger partial charge < -0.3 is 13.9 Å². The normalized spacial score (nSPS) is 12.1. The Morgan fingerprint density at radius 1 is 0.900 bits per heavy atom. The van der Waals surface area contributed by atoms with Crippen LogP contribution in [0.2, 0.25) is 19.6 Å². The number of rotatable bonds is 0. The first-order chi connectivity index (χ1) is 14.2. The molecule has 0 bridgehead atoms. The third-order valence-corrected chi connectivity index (χ3v) is 6.10. The Balaban J connectivity index is 2.07. The molecule has 148 valence electrons. The molecule has 0 amide bonds. The molecule has 2 aromatic heterocycles. The molecule has 0 radical (unpaired) electrons. The molecule has 0 saturated carbocycles. The van der Waals surface area contributed by atoms with E-state index in [0.29, 0.717) is 27.1 Å². The predicted molar refractivity (Wildman–Crippen MR) is 121 cm³/mol. The second kappa shape index (κ2) is 5.97. The van der Waals surface area contributed by atoms with Gasteiger partial charge >= 0.3 is 11.3 Å². The number of hydrogen-bond donors (Lipinski definition) is 1. The van der Waals surface area contributed by atoms with Crippen molar-refractivity contribution in [2.45, 2.75) is 26.6 Å². The number of aryl methyl sites for hydroxylation is 1. The molecule has 0 aliphatic carbocycles. The molecule has 0 unspecified atom stereocenters. The molecule has 0 saturated heterocycles. The van der Waals surface area contributed by atoms with Crippen LogP contribution in [0.1, 0.15) is 11.1 Å². The average molecular weight is 414 g/mol. The summed E-state index contributed by atoms with van der Waals surface area (Å²) in [5.41, 5.74) is 4.00. The second-order valence-corrected chi connectivity index (χ2v) is 13.4. The quantitative estimate of drug-likeness (QED) is 0.128. The van der Waals surface area contributed by atoms with Crippen molar-refractivity contribution in [1.29, 1.82) is 0 Å².